The number of β-lactam (4-membered cyclic amide) rings is 1. The van der Waals surface area contributed by atoms with E-state index in [1.165, 1.54) is 22.0 Å². The van der Waals surface area contributed by atoms with Gasteiger partial charge in [-0.2, -0.15) is 0 Å². The monoisotopic (exact) mass is 473 g/mol. The highest BCUT2D eigenvalue weighted by Gasteiger charge is 2.55. The number of aromatic nitrogens is 1. The number of carboxylic acids is 1. The molecule has 2 atom stereocenters. The van der Waals surface area contributed by atoms with Crippen molar-refractivity contribution in [3.05, 3.63) is 22.3 Å². The highest BCUT2D eigenvalue weighted by atomic mass is 32.2. The number of carboxylic acid groups (broad SMARTS) is 1. The van der Waals surface area contributed by atoms with Crippen LogP contribution >= 0.6 is 46.6 Å². The molecule has 1 aromatic heterocycles. The molecule has 0 saturated carbocycles. The lowest BCUT2D eigenvalue weighted by Crippen LogP contribution is -2.71. The molecule has 4 rings (SSSR count). The molecule has 29 heavy (non-hydrogen) atoms. The van der Waals surface area contributed by atoms with E-state index in [4.69, 9.17) is 5.73 Å². The number of carbonyl (C=O) groups is 3. The maximum atomic E-state index is 12.7. The minimum Gasteiger partial charge on any atom is -0.477 e. The molecule has 5 N–H and O–H groups in total. The summed E-state index contributed by atoms with van der Waals surface area (Å²) < 4.78 is 0.0271. The number of thiazole rings is 1. The van der Waals surface area contributed by atoms with Gasteiger partial charge in [-0.25, -0.2) is 9.78 Å². The molecule has 0 aromatic carbocycles. The second-order valence-electron chi connectivity index (χ2n) is 6.13. The first-order valence-corrected chi connectivity index (χ1v) is 12.3. The van der Waals surface area contributed by atoms with E-state index in [0.717, 1.165) is 28.4 Å². The number of aliphatic carboxylic acids is 1. The number of hydrogen-bond acceptors (Lipinski definition) is 11. The molecule has 14 heteroatoms. The maximum absolute atomic E-state index is 12.7. The average Bonchev–Trinajstić information content (AvgIpc) is 3.37. The number of nitrogens with zero attached hydrogens (tertiary/aromatic N) is 3. The molecule has 3 aliphatic rings. The Morgan fingerprint density at radius 2 is 2.03 bits per heavy atom. The molecule has 154 valence electrons. The number of nitrogen functional groups attached to an aromatic ring is 1. The van der Waals surface area contributed by atoms with Crippen LogP contribution in [0.1, 0.15) is 5.69 Å². The lowest BCUT2D eigenvalue weighted by Gasteiger charge is -2.49. The molecule has 2 saturated heterocycles. The Bertz CT molecular complexity index is 941. The second kappa shape index (κ2) is 8.08. The van der Waals surface area contributed by atoms with Gasteiger partial charge in [-0.15, -0.1) is 46.6 Å². The van der Waals surface area contributed by atoms with Crippen molar-refractivity contribution in [1.82, 2.24) is 15.2 Å². The number of rotatable bonds is 5. The first kappa shape index (κ1) is 20.4. The SMILES string of the molecule is Nc1nc(C(=NO)C(=O)NC2C(=O)N3C(C(=O)O)=C(C4SCCS4)CS[C@H]23)cs1. The molecular formula is C15H15N5O5S4. The van der Waals surface area contributed by atoms with E-state index >= 15 is 0 Å². The number of hydrogen-bond donors (Lipinski definition) is 4. The fraction of sp³-hybridized carbons (Fsp3) is 0.400. The van der Waals surface area contributed by atoms with Crippen molar-refractivity contribution in [3.63, 3.8) is 0 Å². The highest BCUT2D eigenvalue weighted by Crippen LogP contribution is 2.47. The molecule has 3 aliphatic heterocycles. The number of fused-ring (bicyclic) bond motifs is 1. The minimum atomic E-state index is -1.15. The predicted octanol–water partition coefficient (Wildman–Crippen LogP) is 0.448. The largest absolute Gasteiger partial charge is 0.477 e. The van der Waals surface area contributed by atoms with Crippen LogP contribution in [0.15, 0.2) is 21.8 Å². The topological polar surface area (TPSA) is 158 Å². The van der Waals surface area contributed by atoms with E-state index in [1.807, 2.05) is 0 Å². The third-order valence-electron chi connectivity index (χ3n) is 4.47. The summed E-state index contributed by atoms with van der Waals surface area (Å²) in [5.74, 6) is -0.0877. The van der Waals surface area contributed by atoms with E-state index < -0.39 is 29.2 Å². The first-order valence-electron chi connectivity index (χ1n) is 8.31. The molecule has 0 radical (unpaired) electrons. The Morgan fingerprint density at radius 1 is 1.31 bits per heavy atom. The number of nitrogens with one attached hydrogen (secondary N) is 1. The number of thioether (sulfide) groups is 3. The van der Waals surface area contributed by atoms with Crippen LogP contribution in [0.25, 0.3) is 0 Å². The second-order valence-corrected chi connectivity index (χ2v) is 10.9. The number of nitrogens with two attached hydrogens (primary N) is 1. The van der Waals surface area contributed by atoms with Gasteiger partial charge < -0.3 is 21.4 Å². The summed E-state index contributed by atoms with van der Waals surface area (Å²) >= 11 is 5.84. The quantitative estimate of drug-likeness (QED) is 0.205. The van der Waals surface area contributed by atoms with Gasteiger partial charge in [0.25, 0.3) is 11.8 Å². The van der Waals surface area contributed by atoms with E-state index in [0.29, 0.717) is 5.75 Å². The summed E-state index contributed by atoms with van der Waals surface area (Å²) in [6, 6.07) is -0.917. The standard InChI is InChI=1S/C15H15N5O5S4/c16-15-17-6(4-29-15)7(19-25)10(21)18-8-11(22)20-9(13(23)24)5(3-28-12(8)20)14-26-1-2-27-14/h4,8,12,14,25H,1-3H2,(H2,16,17)(H,18,21)(H,23,24)/t8?,12-/m1/s1. The molecule has 1 unspecified atom stereocenters. The van der Waals surface area contributed by atoms with E-state index in [9.17, 15) is 24.7 Å². The van der Waals surface area contributed by atoms with Gasteiger partial charge in [0.2, 0.25) is 0 Å². The summed E-state index contributed by atoms with van der Waals surface area (Å²) in [7, 11) is 0. The van der Waals surface area contributed by atoms with Crippen LogP contribution < -0.4 is 11.1 Å². The van der Waals surface area contributed by atoms with Crippen molar-refractivity contribution in [1.29, 1.82) is 0 Å². The zero-order chi connectivity index (χ0) is 20.7. The molecule has 10 nitrogen and oxygen atoms in total. The average molecular weight is 474 g/mol. The molecule has 0 aliphatic carbocycles. The van der Waals surface area contributed by atoms with Crippen LogP contribution in [0.4, 0.5) is 5.13 Å². The van der Waals surface area contributed by atoms with Crippen molar-refractivity contribution < 1.29 is 24.7 Å². The Morgan fingerprint density at radius 3 is 2.62 bits per heavy atom. The summed E-state index contributed by atoms with van der Waals surface area (Å²) in [5, 5.41) is 25.5. The van der Waals surface area contributed by atoms with Crippen molar-refractivity contribution in [2.45, 2.75) is 16.0 Å². The van der Waals surface area contributed by atoms with Crippen molar-refractivity contribution in [3.8, 4) is 0 Å². The van der Waals surface area contributed by atoms with Gasteiger partial charge in [0.1, 0.15) is 22.8 Å². The van der Waals surface area contributed by atoms with Crippen LogP contribution in [0, 0.1) is 0 Å². The number of oxime groups is 1. The number of carbonyl (C=O) groups excluding carboxylic acids is 2. The lowest BCUT2D eigenvalue weighted by atomic mass is 10.0. The summed E-state index contributed by atoms with van der Waals surface area (Å²) in [5.41, 5.74) is 6.02. The Balaban J connectivity index is 1.52. The fourth-order valence-electron chi connectivity index (χ4n) is 3.20. The molecule has 2 amide bonds. The molecule has 0 spiro atoms. The minimum absolute atomic E-state index is 0.0134. The molecule has 2 fully saturated rings. The van der Waals surface area contributed by atoms with E-state index in [-0.39, 0.29) is 26.8 Å². The lowest BCUT2D eigenvalue weighted by molar-refractivity contribution is -0.150. The summed E-state index contributed by atoms with van der Waals surface area (Å²) in [6.07, 6.45) is 0. The normalized spacial score (nSPS) is 25.0. The van der Waals surface area contributed by atoms with E-state index in [2.05, 4.69) is 15.5 Å². The van der Waals surface area contributed by atoms with E-state index in [1.54, 1.807) is 23.5 Å². The molecule has 4 heterocycles. The third kappa shape index (κ3) is 3.58. The van der Waals surface area contributed by atoms with Crippen LogP contribution in [-0.4, -0.2) is 76.9 Å². The predicted molar refractivity (Wildman–Crippen MR) is 113 cm³/mol. The van der Waals surface area contributed by atoms with Crippen LogP contribution in [-0.2, 0) is 14.4 Å². The highest BCUT2D eigenvalue weighted by molar-refractivity contribution is 8.20. The zero-order valence-electron chi connectivity index (χ0n) is 14.6. The third-order valence-corrected chi connectivity index (χ3v) is 9.58. The number of amides is 2. The van der Waals surface area contributed by atoms with Gasteiger partial charge in [-0.1, -0.05) is 5.16 Å². The molecular weight excluding hydrogens is 458 g/mol. The van der Waals surface area contributed by atoms with Gasteiger partial charge >= 0.3 is 5.97 Å². The van der Waals surface area contributed by atoms with Gasteiger partial charge in [-0.05, 0) is 5.57 Å². The molecule has 1 aromatic rings. The summed E-state index contributed by atoms with van der Waals surface area (Å²) in [4.78, 5) is 42.2. The van der Waals surface area contributed by atoms with Gasteiger partial charge in [0.05, 0.1) is 4.58 Å². The van der Waals surface area contributed by atoms with Crippen molar-refractivity contribution in [2.24, 2.45) is 5.16 Å². The summed E-state index contributed by atoms with van der Waals surface area (Å²) in [6.45, 7) is 0. The van der Waals surface area contributed by atoms with Crippen molar-refractivity contribution in [2.75, 3.05) is 23.0 Å². The molecule has 0 bridgehead atoms. The smallest absolute Gasteiger partial charge is 0.352 e. The first-order chi connectivity index (χ1) is 13.9. The van der Waals surface area contributed by atoms with Crippen LogP contribution in [0.3, 0.4) is 0 Å². The maximum Gasteiger partial charge on any atom is 0.352 e. The van der Waals surface area contributed by atoms with Crippen molar-refractivity contribution >= 4 is 75.2 Å². The van der Waals surface area contributed by atoms with Gasteiger partial charge in [-0.3, -0.25) is 14.5 Å². The Hall–Kier alpha value is -1.90. The number of anilines is 1. The Kier molecular flexibility index (Phi) is 5.68. The zero-order valence-corrected chi connectivity index (χ0v) is 17.9. The van der Waals surface area contributed by atoms with Crippen LogP contribution in [0.5, 0.6) is 0 Å². The Labute approximate surface area is 181 Å². The van der Waals surface area contributed by atoms with Gasteiger partial charge in [0.15, 0.2) is 10.8 Å². The van der Waals surface area contributed by atoms with Gasteiger partial charge in [0, 0.05) is 22.6 Å². The van der Waals surface area contributed by atoms with Crippen LogP contribution in [0.2, 0.25) is 0 Å². The fourth-order valence-corrected chi connectivity index (χ4v) is 8.30.